The van der Waals surface area contributed by atoms with E-state index in [1.165, 1.54) is 0 Å². The number of carbonyl (C=O) groups is 2. The molecule has 1 atom stereocenters. The first-order valence-corrected chi connectivity index (χ1v) is 4.22. The predicted octanol–water partition coefficient (Wildman–Crippen LogP) is -0.730. The van der Waals surface area contributed by atoms with Gasteiger partial charge in [-0.2, -0.15) is 0 Å². The van der Waals surface area contributed by atoms with Crippen LogP contribution in [-0.4, -0.2) is 41.0 Å². The number of rotatable bonds is 5. The molecule has 0 aromatic rings. The summed E-state index contributed by atoms with van der Waals surface area (Å²) in [5, 5.41) is 8.51. The Morgan fingerprint density at radius 1 is 1.64 bits per heavy atom. The van der Waals surface area contributed by atoms with Gasteiger partial charge in [0.2, 0.25) is 5.91 Å². The van der Waals surface area contributed by atoms with E-state index in [-0.39, 0.29) is 6.54 Å². The Bertz CT molecular complexity index is 257. The first-order valence-electron chi connectivity index (χ1n) is 4.22. The topological polar surface area (TPSA) is 83.6 Å². The number of carbonyl (C=O) groups excluding carboxylic acids is 1. The van der Waals surface area contributed by atoms with E-state index in [0.717, 1.165) is 4.90 Å². The van der Waals surface area contributed by atoms with Gasteiger partial charge in [0, 0.05) is 0 Å². The molecule has 1 amide bonds. The monoisotopic (exact) mass is 198 g/mol. The van der Waals surface area contributed by atoms with Crippen LogP contribution in [0.15, 0.2) is 0 Å². The van der Waals surface area contributed by atoms with Gasteiger partial charge in [0.25, 0.3) is 0 Å². The summed E-state index contributed by atoms with van der Waals surface area (Å²) in [6, 6.07) is -0.678. The second kappa shape index (κ2) is 6.00. The van der Waals surface area contributed by atoms with Crippen LogP contribution in [0.1, 0.15) is 13.3 Å². The highest BCUT2D eigenvalue weighted by atomic mass is 16.4. The summed E-state index contributed by atoms with van der Waals surface area (Å²) in [6.45, 7) is 1.31. The van der Waals surface area contributed by atoms with Gasteiger partial charge in [0.1, 0.15) is 6.54 Å². The lowest BCUT2D eigenvalue weighted by Gasteiger charge is -2.20. The van der Waals surface area contributed by atoms with Gasteiger partial charge in [-0.05, 0) is 6.42 Å². The number of hydrogen-bond donors (Lipinski definition) is 2. The fraction of sp³-hybridized carbons (Fsp3) is 0.556. The molecule has 0 aromatic heterocycles. The van der Waals surface area contributed by atoms with Gasteiger partial charge < -0.3 is 15.7 Å². The smallest absolute Gasteiger partial charge is 0.323 e. The van der Waals surface area contributed by atoms with Crippen LogP contribution in [0.2, 0.25) is 0 Å². The SMILES string of the molecule is C#CCN(CC(=O)O)C(=O)[C@H](N)CC. The van der Waals surface area contributed by atoms with Crippen molar-refractivity contribution in [3.63, 3.8) is 0 Å². The van der Waals surface area contributed by atoms with Crippen LogP contribution < -0.4 is 5.73 Å². The highest BCUT2D eigenvalue weighted by molar-refractivity contribution is 5.85. The van der Waals surface area contributed by atoms with Crippen molar-refractivity contribution < 1.29 is 14.7 Å². The zero-order chi connectivity index (χ0) is 11.1. The quantitative estimate of drug-likeness (QED) is 0.570. The molecule has 3 N–H and O–H groups in total. The summed E-state index contributed by atoms with van der Waals surface area (Å²) < 4.78 is 0. The first-order chi connectivity index (χ1) is 6.52. The Labute approximate surface area is 82.9 Å². The summed E-state index contributed by atoms with van der Waals surface area (Å²) >= 11 is 0. The highest BCUT2D eigenvalue weighted by Crippen LogP contribution is 1.96. The molecular weight excluding hydrogens is 184 g/mol. The standard InChI is InChI=1S/C9H14N2O3/c1-3-5-11(6-8(12)13)9(14)7(10)4-2/h1,7H,4-6,10H2,2H3,(H,12,13)/t7-/m1/s1. The molecule has 14 heavy (non-hydrogen) atoms. The summed E-state index contributed by atoms with van der Waals surface area (Å²) in [7, 11) is 0. The third-order valence-corrected chi connectivity index (χ3v) is 1.68. The molecule has 78 valence electrons. The van der Waals surface area contributed by atoms with Crippen molar-refractivity contribution >= 4 is 11.9 Å². The lowest BCUT2D eigenvalue weighted by molar-refractivity contribution is -0.144. The van der Waals surface area contributed by atoms with Crippen LogP contribution in [0.25, 0.3) is 0 Å². The summed E-state index contributed by atoms with van der Waals surface area (Å²) in [6.07, 6.45) is 5.46. The minimum atomic E-state index is -1.10. The van der Waals surface area contributed by atoms with E-state index in [0.29, 0.717) is 6.42 Å². The largest absolute Gasteiger partial charge is 0.480 e. The maximum atomic E-state index is 11.4. The Hall–Kier alpha value is -1.54. The average molecular weight is 198 g/mol. The van der Waals surface area contributed by atoms with Crippen LogP contribution in [-0.2, 0) is 9.59 Å². The third-order valence-electron chi connectivity index (χ3n) is 1.68. The third kappa shape index (κ3) is 3.92. The van der Waals surface area contributed by atoms with E-state index < -0.39 is 24.5 Å². The maximum Gasteiger partial charge on any atom is 0.323 e. The Morgan fingerprint density at radius 2 is 2.21 bits per heavy atom. The van der Waals surface area contributed by atoms with E-state index >= 15 is 0 Å². The fourth-order valence-corrected chi connectivity index (χ4v) is 0.894. The van der Waals surface area contributed by atoms with Gasteiger partial charge in [0.05, 0.1) is 12.6 Å². The molecule has 0 saturated heterocycles. The van der Waals surface area contributed by atoms with Crippen molar-refractivity contribution in [2.75, 3.05) is 13.1 Å². The van der Waals surface area contributed by atoms with E-state index in [1.54, 1.807) is 6.92 Å². The number of carboxylic acid groups (broad SMARTS) is 1. The number of nitrogens with two attached hydrogens (primary N) is 1. The van der Waals surface area contributed by atoms with Gasteiger partial charge >= 0.3 is 5.97 Å². The van der Waals surface area contributed by atoms with Crippen molar-refractivity contribution in [2.24, 2.45) is 5.73 Å². The van der Waals surface area contributed by atoms with Crippen LogP contribution in [0.5, 0.6) is 0 Å². The Kier molecular flexibility index (Phi) is 5.34. The zero-order valence-electron chi connectivity index (χ0n) is 8.06. The molecule has 0 bridgehead atoms. The van der Waals surface area contributed by atoms with Crippen molar-refractivity contribution in [2.45, 2.75) is 19.4 Å². The summed E-state index contributed by atoms with van der Waals surface area (Å²) in [5.41, 5.74) is 5.47. The fourth-order valence-electron chi connectivity index (χ4n) is 0.894. The molecule has 0 aliphatic heterocycles. The molecule has 0 unspecified atom stereocenters. The molecule has 0 fully saturated rings. The molecule has 0 spiro atoms. The molecule has 0 aliphatic rings. The highest BCUT2D eigenvalue weighted by Gasteiger charge is 2.20. The Morgan fingerprint density at radius 3 is 2.57 bits per heavy atom. The molecule has 0 aliphatic carbocycles. The maximum absolute atomic E-state index is 11.4. The van der Waals surface area contributed by atoms with Crippen LogP contribution in [0, 0.1) is 12.3 Å². The lowest BCUT2D eigenvalue weighted by Crippen LogP contribution is -2.45. The van der Waals surface area contributed by atoms with Crippen LogP contribution in [0.3, 0.4) is 0 Å². The van der Waals surface area contributed by atoms with Crippen LogP contribution >= 0.6 is 0 Å². The normalized spacial score (nSPS) is 11.5. The van der Waals surface area contributed by atoms with E-state index in [4.69, 9.17) is 17.3 Å². The van der Waals surface area contributed by atoms with Gasteiger partial charge in [-0.1, -0.05) is 12.8 Å². The van der Waals surface area contributed by atoms with Crippen molar-refractivity contribution in [1.29, 1.82) is 0 Å². The average Bonchev–Trinajstić information content (AvgIpc) is 2.14. The van der Waals surface area contributed by atoms with E-state index in [9.17, 15) is 9.59 Å². The minimum Gasteiger partial charge on any atom is -0.480 e. The number of aliphatic carboxylic acids is 1. The molecular formula is C9H14N2O3. The second-order valence-corrected chi connectivity index (χ2v) is 2.81. The van der Waals surface area contributed by atoms with Gasteiger partial charge in [-0.15, -0.1) is 6.42 Å². The molecule has 5 nitrogen and oxygen atoms in total. The second-order valence-electron chi connectivity index (χ2n) is 2.81. The lowest BCUT2D eigenvalue weighted by atomic mass is 10.2. The van der Waals surface area contributed by atoms with Gasteiger partial charge in [0.15, 0.2) is 0 Å². The molecule has 0 radical (unpaired) electrons. The number of carboxylic acids is 1. The molecule has 0 heterocycles. The molecule has 0 rings (SSSR count). The predicted molar refractivity (Wildman–Crippen MR) is 51.3 cm³/mol. The minimum absolute atomic E-state index is 0.0289. The number of hydrogen-bond acceptors (Lipinski definition) is 3. The van der Waals surface area contributed by atoms with E-state index in [2.05, 4.69) is 5.92 Å². The summed E-state index contributed by atoms with van der Waals surface area (Å²) in [5.74, 6) is 0.696. The molecule has 0 aromatic carbocycles. The number of amides is 1. The number of nitrogens with zero attached hydrogens (tertiary/aromatic N) is 1. The number of terminal acetylenes is 1. The van der Waals surface area contributed by atoms with E-state index in [1.807, 2.05) is 0 Å². The van der Waals surface area contributed by atoms with Gasteiger partial charge in [-0.25, -0.2) is 0 Å². The van der Waals surface area contributed by atoms with Crippen molar-refractivity contribution in [3.8, 4) is 12.3 Å². The first kappa shape index (κ1) is 12.5. The van der Waals surface area contributed by atoms with Crippen LogP contribution in [0.4, 0.5) is 0 Å². The molecule has 0 saturated carbocycles. The van der Waals surface area contributed by atoms with Crippen molar-refractivity contribution in [1.82, 2.24) is 4.90 Å². The van der Waals surface area contributed by atoms with Crippen molar-refractivity contribution in [3.05, 3.63) is 0 Å². The zero-order valence-corrected chi connectivity index (χ0v) is 8.06. The molecule has 5 heteroatoms. The summed E-state index contributed by atoms with van der Waals surface area (Å²) in [4.78, 5) is 22.9. The van der Waals surface area contributed by atoms with Gasteiger partial charge in [-0.3, -0.25) is 9.59 Å². The Balaban J connectivity index is 4.41.